The molecule has 1 aliphatic carbocycles. The molecule has 1 fully saturated rings. The fourth-order valence-electron chi connectivity index (χ4n) is 3.39. The molecule has 0 aliphatic heterocycles. The highest BCUT2D eigenvalue weighted by molar-refractivity contribution is 5.29. The molecular formula is C21H34O2. The Kier molecular flexibility index (Phi) is 7.42. The van der Waals surface area contributed by atoms with E-state index in [2.05, 4.69) is 38.1 Å². The summed E-state index contributed by atoms with van der Waals surface area (Å²) in [6, 6.07) is 8.84. The highest BCUT2D eigenvalue weighted by atomic mass is 16.5. The second kappa shape index (κ2) is 9.32. The third-order valence-electron chi connectivity index (χ3n) is 5.20. The molecule has 1 aliphatic rings. The van der Waals surface area contributed by atoms with Crippen LogP contribution in [0.3, 0.4) is 0 Å². The van der Waals surface area contributed by atoms with Crippen LogP contribution in [0.4, 0.5) is 0 Å². The van der Waals surface area contributed by atoms with Crippen molar-refractivity contribution in [2.24, 2.45) is 0 Å². The normalized spacial score (nSPS) is 16.5. The lowest BCUT2D eigenvalue weighted by atomic mass is 9.84. The number of benzene rings is 1. The predicted octanol–water partition coefficient (Wildman–Crippen LogP) is 6.10. The van der Waals surface area contributed by atoms with Gasteiger partial charge in [0.15, 0.2) is 0 Å². The Morgan fingerprint density at radius 2 is 1.65 bits per heavy atom. The maximum Gasteiger partial charge on any atom is 0.119 e. The largest absolute Gasteiger partial charge is 0.494 e. The molecule has 0 aromatic heterocycles. The summed E-state index contributed by atoms with van der Waals surface area (Å²) in [7, 11) is 1.79. The minimum Gasteiger partial charge on any atom is -0.494 e. The van der Waals surface area contributed by atoms with Crippen LogP contribution in [-0.2, 0) is 4.74 Å². The van der Waals surface area contributed by atoms with E-state index in [1.807, 2.05) is 0 Å². The molecule has 0 atom stereocenters. The zero-order chi connectivity index (χ0) is 16.5. The maximum absolute atomic E-state index is 5.88. The van der Waals surface area contributed by atoms with Gasteiger partial charge in [0.2, 0.25) is 0 Å². The lowest BCUT2D eigenvalue weighted by molar-refractivity contribution is 0.0132. The molecule has 0 unspecified atom stereocenters. The highest BCUT2D eigenvalue weighted by Gasteiger charge is 2.16. The van der Waals surface area contributed by atoms with Crippen LogP contribution in [-0.4, -0.2) is 19.3 Å². The molecule has 0 heterocycles. The molecule has 0 bridgehead atoms. The SMILES string of the molecule is COC(C)(C)CCCCCOc1ccc(C2CCCCC2)cc1. The number of unbranched alkanes of at least 4 members (excludes halogenated alkanes) is 2. The number of rotatable bonds is 9. The third kappa shape index (κ3) is 6.55. The molecule has 0 amide bonds. The minimum absolute atomic E-state index is 0.00973. The van der Waals surface area contributed by atoms with Gasteiger partial charge in [-0.3, -0.25) is 0 Å². The van der Waals surface area contributed by atoms with Gasteiger partial charge in [0.25, 0.3) is 0 Å². The summed E-state index contributed by atoms with van der Waals surface area (Å²) in [6.07, 6.45) is 11.5. The maximum atomic E-state index is 5.88. The van der Waals surface area contributed by atoms with Gasteiger partial charge in [-0.1, -0.05) is 37.8 Å². The standard InChI is InChI=1S/C21H34O2/c1-21(2,22-3)16-8-5-9-17-23-20-14-12-19(13-15-20)18-10-6-4-7-11-18/h12-15,18H,4-11,16-17H2,1-3H3. The van der Waals surface area contributed by atoms with Crippen LogP contribution < -0.4 is 4.74 Å². The van der Waals surface area contributed by atoms with Crippen LogP contribution in [0.25, 0.3) is 0 Å². The van der Waals surface area contributed by atoms with E-state index in [4.69, 9.17) is 9.47 Å². The molecule has 1 aromatic rings. The van der Waals surface area contributed by atoms with Crippen LogP contribution in [0.15, 0.2) is 24.3 Å². The molecule has 0 saturated heterocycles. The minimum atomic E-state index is 0.00973. The van der Waals surface area contributed by atoms with Gasteiger partial charge < -0.3 is 9.47 Å². The van der Waals surface area contributed by atoms with E-state index >= 15 is 0 Å². The quantitative estimate of drug-likeness (QED) is 0.512. The Bertz CT molecular complexity index is 430. The summed E-state index contributed by atoms with van der Waals surface area (Å²) in [5, 5.41) is 0. The summed E-state index contributed by atoms with van der Waals surface area (Å²) in [5.74, 6) is 1.80. The van der Waals surface area contributed by atoms with Gasteiger partial charge in [-0.05, 0) is 69.6 Å². The Morgan fingerprint density at radius 1 is 0.957 bits per heavy atom. The Morgan fingerprint density at radius 3 is 2.30 bits per heavy atom. The second-order valence-corrected chi connectivity index (χ2v) is 7.53. The van der Waals surface area contributed by atoms with Crippen LogP contribution in [0.2, 0.25) is 0 Å². The monoisotopic (exact) mass is 318 g/mol. The molecule has 130 valence electrons. The first-order valence-corrected chi connectivity index (χ1v) is 9.39. The molecule has 0 radical (unpaired) electrons. The van der Waals surface area contributed by atoms with Gasteiger partial charge in [-0.15, -0.1) is 0 Å². The van der Waals surface area contributed by atoms with Gasteiger partial charge in [0.1, 0.15) is 5.75 Å². The van der Waals surface area contributed by atoms with Gasteiger partial charge in [0.05, 0.1) is 12.2 Å². The topological polar surface area (TPSA) is 18.5 Å². The van der Waals surface area contributed by atoms with Crippen molar-refractivity contribution >= 4 is 0 Å². The molecule has 23 heavy (non-hydrogen) atoms. The van der Waals surface area contributed by atoms with Crippen molar-refractivity contribution in [1.82, 2.24) is 0 Å². The highest BCUT2D eigenvalue weighted by Crippen LogP contribution is 2.33. The predicted molar refractivity (Wildman–Crippen MR) is 97.3 cm³/mol. The smallest absolute Gasteiger partial charge is 0.119 e. The molecule has 2 rings (SSSR count). The zero-order valence-corrected chi connectivity index (χ0v) is 15.3. The van der Waals surface area contributed by atoms with Crippen LogP contribution >= 0.6 is 0 Å². The number of ether oxygens (including phenoxy) is 2. The Labute approximate surface area is 142 Å². The second-order valence-electron chi connectivity index (χ2n) is 7.53. The molecule has 0 N–H and O–H groups in total. The zero-order valence-electron chi connectivity index (χ0n) is 15.3. The van der Waals surface area contributed by atoms with Crippen molar-refractivity contribution in [3.05, 3.63) is 29.8 Å². The average molecular weight is 319 g/mol. The van der Waals surface area contributed by atoms with E-state index in [1.165, 1.54) is 50.5 Å². The van der Waals surface area contributed by atoms with Crippen LogP contribution in [0, 0.1) is 0 Å². The molecule has 0 spiro atoms. The molecule has 1 aromatic carbocycles. The number of methoxy groups -OCH3 is 1. The van der Waals surface area contributed by atoms with E-state index < -0.39 is 0 Å². The van der Waals surface area contributed by atoms with Gasteiger partial charge in [-0.2, -0.15) is 0 Å². The first-order chi connectivity index (χ1) is 11.1. The van der Waals surface area contributed by atoms with E-state index in [9.17, 15) is 0 Å². The summed E-state index contributed by atoms with van der Waals surface area (Å²) >= 11 is 0. The van der Waals surface area contributed by atoms with E-state index in [0.717, 1.165) is 31.1 Å². The third-order valence-corrected chi connectivity index (χ3v) is 5.20. The van der Waals surface area contributed by atoms with Crippen molar-refractivity contribution in [1.29, 1.82) is 0 Å². The lowest BCUT2D eigenvalue weighted by Crippen LogP contribution is -2.21. The van der Waals surface area contributed by atoms with Gasteiger partial charge >= 0.3 is 0 Å². The molecule has 2 heteroatoms. The summed E-state index contributed by atoms with van der Waals surface area (Å²) in [5.41, 5.74) is 1.51. The van der Waals surface area contributed by atoms with Crippen molar-refractivity contribution < 1.29 is 9.47 Å². The van der Waals surface area contributed by atoms with E-state index in [1.54, 1.807) is 7.11 Å². The van der Waals surface area contributed by atoms with E-state index in [-0.39, 0.29) is 5.60 Å². The Hall–Kier alpha value is -1.02. The lowest BCUT2D eigenvalue weighted by Gasteiger charge is -2.22. The van der Waals surface area contributed by atoms with Crippen LogP contribution in [0.1, 0.15) is 83.1 Å². The average Bonchev–Trinajstić information content (AvgIpc) is 2.59. The Balaban J connectivity index is 1.62. The molecule has 2 nitrogen and oxygen atoms in total. The van der Waals surface area contributed by atoms with Crippen molar-refractivity contribution in [2.75, 3.05) is 13.7 Å². The molecule has 1 saturated carbocycles. The molecular weight excluding hydrogens is 284 g/mol. The van der Waals surface area contributed by atoms with Crippen molar-refractivity contribution in [3.63, 3.8) is 0 Å². The number of hydrogen-bond acceptors (Lipinski definition) is 2. The summed E-state index contributed by atoms with van der Waals surface area (Å²) < 4.78 is 11.3. The van der Waals surface area contributed by atoms with Gasteiger partial charge in [-0.25, -0.2) is 0 Å². The first-order valence-electron chi connectivity index (χ1n) is 9.39. The number of hydrogen-bond donors (Lipinski definition) is 0. The van der Waals surface area contributed by atoms with Crippen molar-refractivity contribution in [2.45, 2.75) is 83.2 Å². The fourth-order valence-corrected chi connectivity index (χ4v) is 3.39. The fraction of sp³-hybridized carbons (Fsp3) is 0.714. The van der Waals surface area contributed by atoms with Gasteiger partial charge in [0, 0.05) is 7.11 Å². The van der Waals surface area contributed by atoms with Crippen LogP contribution in [0.5, 0.6) is 5.75 Å². The first kappa shape index (κ1) is 18.3. The summed E-state index contributed by atoms with van der Waals surface area (Å²) in [4.78, 5) is 0. The summed E-state index contributed by atoms with van der Waals surface area (Å²) in [6.45, 7) is 5.12. The van der Waals surface area contributed by atoms with Crippen molar-refractivity contribution in [3.8, 4) is 5.75 Å². The van der Waals surface area contributed by atoms with E-state index in [0.29, 0.717) is 0 Å².